The van der Waals surface area contributed by atoms with E-state index in [0.29, 0.717) is 46.6 Å². The Bertz CT molecular complexity index is 1210. The molecule has 0 amide bonds. The van der Waals surface area contributed by atoms with Crippen molar-refractivity contribution < 1.29 is 14.2 Å². The molecule has 0 unspecified atom stereocenters. The van der Waals surface area contributed by atoms with E-state index < -0.39 is 18.2 Å². The topological polar surface area (TPSA) is 51.2 Å². The summed E-state index contributed by atoms with van der Waals surface area (Å²) >= 11 is 0. The van der Waals surface area contributed by atoms with Gasteiger partial charge in [0.05, 0.1) is 0 Å². The Kier molecular flexibility index (Phi) is 15.2. The second-order valence-corrected chi connectivity index (χ2v) is 19.7. The Balaban J connectivity index is 3.00. The minimum atomic E-state index is -4.05. The van der Waals surface area contributed by atoms with Crippen LogP contribution >= 0.6 is 7.14 Å². The SMILES string of the molecule is CC(C)Cc1cc(CC(C)C)c(C(=O)P(=O)(CC(C)C)C(=O)c2c(CC(C)C)cc(CC(C)C)cc2CC(C)C)c(CC(C)C)c1. The van der Waals surface area contributed by atoms with Crippen LogP contribution in [0.5, 0.6) is 0 Å². The molecule has 2 aromatic rings. The van der Waals surface area contributed by atoms with Gasteiger partial charge in [-0.1, -0.05) is 121 Å². The lowest BCUT2D eigenvalue weighted by atomic mass is 9.87. The van der Waals surface area contributed by atoms with Crippen LogP contribution in [0.1, 0.15) is 151 Å². The summed E-state index contributed by atoms with van der Waals surface area (Å²) in [6, 6.07) is 8.71. The molecule has 0 saturated carbocycles. The smallest absolute Gasteiger partial charge is 0.229 e. The molecular formula is C42H67O3P. The third kappa shape index (κ3) is 11.3. The Morgan fingerprint density at radius 1 is 0.435 bits per heavy atom. The lowest BCUT2D eigenvalue weighted by Gasteiger charge is -2.26. The zero-order valence-electron chi connectivity index (χ0n) is 32.0. The van der Waals surface area contributed by atoms with E-state index in [-0.39, 0.29) is 12.1 Å². The van der Waals surface area contributed by atoms with Crippen LogP contribution in [0.4, 0.5) is 0 Å². The summed E-state index contributed by atoms with van der Waals surface area (Å²) in [5, 5.41) is 0. The van der Waals surface area contributed by atoms with Gasteiger partial charge in [0.15, 0.2) is 0 Å². The monoisotopic (exact) mass is 650 g/mol. The Hall–Kier alpha value is -1.99. The minimum absolute atomic E-state index is 0.0663. The van der Waals surface area contributed by atoms with Crippen LogP contribution in [0, 0.1) is 41.4 Å². The normalized spacial score (nSPS) is 12.6. The number of hydrogen-bond acceptors (Lipinski definition) is 3. The predicted octanol–water partition coefficient (Wildman–Crippen LogP) is 11.9. The molecule has 0 saturated heterocycles. The molecule has 0 atom stereocenters. The minimum Gasteiger partial charge on any atom is -0.307 e. The van der Waals surface area contributed by atoms with Crippen LogP contribution < -0.4 is 0 Å². The second kappa shape index (κ2) is 17.4. The fourth-order valence-corrected chi connectivity index (χ4v) is 9.79. The van der Waals surface area contributed by atoms with Gasteiger partial charge in [0.2, 0.25) is 18.2 Å². The van der Waals surface area contributed by atoms with E-state index in [0.717, 1.165) is 60.8 Å². The molecule has 0 heterocycles. The third-order valence-electron chi connectivity index (χ3n) is 8.23. The fourth-order valence-electron chi connectivity index (χ4n) is 6.94. The second-order valence-electron chi connectivity index (χ2n) is 17.1. The highest BCUT2D eigenvalue weighted by Gasteiger charge is 2.44. The quantitative estimate of drug-likeness (QED) is 0.151. The molecule has 0 fully saturated rings. The summed E-state index contributed by atoms with van der Waals surface area (Å²) < 4.78 is 15.6. The maximum absolute atomic E-state index is 15.6. The van der Waals surface area contributed by atoms with E-state index in [2.05, 4.69) is 107 Å². The van der Waals surface area contributed by atoms with Crippen molar-refractivity contribution in [3.8, 4) is 0 Å². The molecule has 258 valence electrons. The summed E-state index contributed by atoms with van der Waals surface area (Å²) in [4.78, 5) is 30.3. The first-order valence-electron chi connectivity index (χ1n) is 18.2. The van der Waals surface area contributed by atoms with Crippen molar-refractivity contribution in [1.29, 1.82) is 0 Å². The molecular weight excluding hydrogens is 583 g/mol. The molecule has 46 heavy (non-hydrogen) atoms. The van der Waals surface area contributed by atoms with E-state index in [9.17, 15) is 0 Å². The first-order chi connectivity index (χ1) is 21.2. The van der Waals surface area contributed by atoms with Crippen molar-refractivity contribution in [3.05, 3.63) is 68.8 Å². The molecule has 2 aromatic carbocycles. The highest BCUT2D eigenvalue weighted by Crippen LogP contribution is 2.55. The van der Waals surface area contributed by atoms with Gasteiger partial charge < -0.3 is 4.57 Å². The van der Waals surface area contributed by atoms with Gasteiger partial charge >= 0.3 is 0 Å². The largest absolute Gasteiger partial charge is 0.307 e. The van der Waals surface area contributed by atoms with Gasteiger partial charge in [0.25, 0.3) is 0 Å². The van der Waals surface area contributed by atoms with Gasteiger partial charge in [-0.3, -0.25) is 9.59 Å². The van der Waals surface area contributed by atoms with Crippen LogP contribution in [0.3, 0.4) is 0 Å². The highest BCUT2D eigenvalue weighted by molar-refractivity contribution is 7.95. The standard InChI is InChI=1S/C42H67O3P/c1-26(2)15-33-21-35(17-28(5)6)39(36(22-33)18-29(7)8)41(43)46(45,25-32(13)14)42(44)40-37(19-30(9)10)23-34(16-27(3)4)24-38(40)20-31(11)12/h21-24,26-32H,15-20,25H2,1-14H3. The van der Waals surface area contributed by atoms with E-state index in [1.165, 1.54) is 11.1 Å². The molecule has 0 bridgehead atoms. The molecule has 4 heteroatoms. The van der Waals surface area contributed by atoms with Crippen molar-refractivity contribution in [3.63, 3.8) is 0 Å². The zero-order chi connectivity index (χ0) is 35.1. The van der Waals surface area contributed by atoms with Crippen LogP contribution in [-0.2, 0) is 43.1 Å². The summed E-state index contributed by atoms with van der Waals surface area (Å²) in [5.41, 5.74) is 6.61. The van der Waals surface area contributed by atoms with E-state index in [1.54, 1.807) is 0 Å². The molecule has 0 aliphatic carbocycles. The van der Waals surface area contributed by atoms with Gasteiger partial charge in [-0.25, -0.2) is 0 Å². The molecule has 2 rings (SSSR count). The number of hydrogen-bond donors (Lipinski definition) is 0. The van der Waals surface area contributed by atoms with Crippen molar-refractivity contribution in [2.24, 2.45) is 41.4 Å². The van der Waals surface area contributed by atoms with Crippen molar-refractivity contribution >= 4 is 18.2 Å². The van der Waals surface area contributed by atoms with E-state index >= 15 is 14.2 Å². The first kappa shape index (κ1) is 40.2. The van der Waals surface area contributed by atoms with Crippen LogP contribution in [0.2, 0.25) is 0 Å². The summed E-state index contributed by atoms with van der Waals surface area (Å²) in [5.74, 6) is 2.16. The third-order valence-corrected chi connectivity index (χ3v) is 11.2. The summed E-state index contributed by atoms with van der Waals surface area (Å²) in [6.45, 7) is 30.2. The molecule has 0 spiro atoms. The lowest BCUT2D eigenvalue weighted by molar-refractivity contribution is 0.103. The van der Waals surface area contributed by atoms with Gasteiger partial charge in [0, 0.05) is 17.3 Å². The Morgan fingerprint density at radius 2 is 0.674 bits per heavy atom. The molecule has 0 aliphatic rings. The van der Waals surface area contributed by atoms with Gasteiger partial charge in [-0.15, -0.1) is 0 Å². The summed E-state index contributed by atoms with van der Waals surface area (Å²) in [7, 11) is -4.05. The van der Waals surface area contributed by atoms with Crippen LogP contribution in [0.25, 0.3) is 0 Å². The summed E-state index contributed by atoms with van der Waals surface area (Å²) in [6.07, 6.45) is 4.81. The Labute approximate surface area is 283 Å². The predicted molar refractivity (Wildman–Crippen MR) is 200 cm³/mol. The molecule has 3 nitrogen and oxygen atoms in total. The van der Waals surface area contributed by atoms with Crippen molar-refractivity contribution in [1.82, 2.24) is 0 Å². The van der Waals surface area contributed by atoms with Gasteiger partial charge in [0.1, 0.15) is 0 Å². The van der Waals surface area contributed by atoms with Crippen LogP contribution in [-0.4, -0.2) is 17.2 Å². The van der Waals surface area contributed by atoms with Gasteiger partial charge in [-0.2, -0.15) is 0 Å². The van der Waals surface area contributed by atoms with E-state index in [1.807, 2.05) is 13.8 Å². The Morgan fingerprint density at radius 3 is 0.870 bits per heavy atom. The van der Waals surface area contributed by atoms with Gasteiger partial charge in [-0.05, 0) is 113 Å². The number of benzene rings is 2. The van der Waals surface area contributed by atoms with E-state index in [4.69, 9.17) is 0 Å². The first-order valence-corrected chi connectivity index (χ1v) is 20.1. The fraction of sp³-hybridized carbons (Fsp3) is 0.667. The number of carbonyl (C=O) groups excluding carboxylic acids is 2. The average Bonchev–Trinajstić information content (AvgIpc) is 2.85. The lowest BCUT2D eigenvalue weighted by Crippen LogP contribution is -2.22. The molecule has 0 aliphatic heterocycles. The van der Waals surface area contributed by atoms with Crippen molar-refractivity contribution in [2.45, 2.75) is 135 Å². The zero-order valence-corrected chi connectivity index (χ0v) is 32.9. The number of rotatable bonds is 18. The average molecular weight is 651 g/mol. The highest BCUT2D eigenvalue weighted by atomic mass is 31.2. The van der Waals surface area contributed by atoms with Crippen LogP contribution in [0.15, 0.2) is 24.3 Å². The maximum Gasteiger partial charge on any atom is 0.229 e. The number of carbonyl (C=O) groups is 2. The molecule has 0 aromatic heterocycles. The maximum atomic E-state index is 15.6. The molecule has 0 N–H and O–H groups in total. The molecule has 0 radical (unpaired) electrons. The van der Waals surface area contributed by atoms with Crippen molar-refractivity contribution in [2.75, 3.05) is 6.16 Å².